The van der Waals surface area contributed by atoms with Crippen molar-refractivity contribution in [3.8, 4) is 11.8 Å². The van der Waals surface area contributed by atoms with Gasteiger partial charge >= 0.3 is 0 Å². The Morgan fingerprint density at radius 3 is 2.60 bits per heavy atom. The first kappa shape index (κ1) is 14.2. The normalized spacial score (nSPS) is 11.4. The zero-order chi connectivity index (χ0) is 14.4. The highest BCUT2D eigenvalue weighted by Gasteiger charge is 2.12. The summed E-state index contributed by atoms with van der Waals surface area (Å²) in [7, 11) is 0. The number of nitrogens with zero attached hydrogens (tertiary/aromatic N) is 1. The number of hydrogen-bond acceptors (Lipinski definition) is 4. The van der Waals surface area contributed by atoms with E-state index in [4.69, 9.17) is 10.00 Å². The number of ether oxygens (including phenoxy) is 1. The molecule has 4 heteroatoms. The number of aldehydes is 1. The number of nitriles is 1. The summed E-state index contributed by atoms with van der Waals surface area (Å²) in [4.78, 5) is 12.4. The number of thioether (sulfide) groups is 1. The molecule has 0 bridgehead atoms. The predicted octanol–water partition coefficient (Wildman–Crippen LogP) is 3.60. The lowest BCUT2D eigenvalue weighted by atomic mass is 10.1. The van der Waals surface area contributed by atoms with Crippen LogP contribution in [0.5, 0.6) is 5.75 Å². The molecule has 0 amide bonds. The number of hydrogen-bond donors (Lipinski definition) is 0. The highest BCUT2D eigenvalue weighted by Crippen LogP contribution is 2.23. The zero-order valence-corrected chi connectivity index (χ0v) is 11.8. The predicted molar refractivity (Wildman–Crippen MR) is 78.8 cm³/mol. The summed E-state index contributed by atoms with van der Waals surface area (Å²) in [6.07, 6.45) is 2.09. The molecule has 0 heterocycles. The van der Waals surface area contributed by atoms with E-state index in [2.05, 4.69) is 0 Å². The molecule has 2 aromatic rings. The SMILES string of the molecule is CSc1ccc(C(C=O)Oc2cccc(C#N)c2)cc1. The fourth-order valence-electron chi connectivity index (χ4n) is 1.75. The smallest absolute Gasteiger partial charge is 0.179 e. The standard InChI is InChI=1S/C16H13NO2S/c1-20-15-7-5-13(6-8-15)16(11-18)19-14-4-2-3-12(9-14)10-17/h2-9,11,16H,1H3. The van der Waals surface area contributed by atoms with Gasteiger partial charge in [-0.25, -0.2) is 0 Å². The van der Waals surface area contributed by atoms with E-state index in [0.717, 1.165) is 16.7 Å². The second kappa shape index (κ2) is 6.78. The van der Waals surface area contributed by atoms with Gasteiger partial charge in [-0.15, -0.1) is 11.8 Å². The number of rotatable bonds is 5. The number of carbonyl (C=O) groups excluding carboxylic acids is 1. The average molecular weight is 283 g/mol. The molecule has 1 unspecified atom stereocenters. The minimum Gasteiger partial charge on any atom is -0.478 e. The first-order chi connectivity index (χ1) is 9.76. The molecule has 0 N–H and O–H groups in total. The Balaban J connectivity index is 2.19. The Morgan fingerprint density at radius 2 is 2.00 bits per heavy atom. The summed E-state index contributed by atoms with van der Waals surface area (Å²) < 4.78 is 5.64. The van der Waals surface area contributed by atoms with E-state index in [1.165, 1.54) is 0 Å². The number of benzene rings is 2. The molecule has 0 radical (unpaired) electrons. The van der Waals surface area contributed by atoms with E-state index in [0.29, 0.717) is 11.3 Å². The Hall–Kier alpha value is -2.25. The molecule has 2 aromatic carbocycles. The van der Waals surface area contributed by atoms with Crippen LogP contribution in [0, 0.1) is 11.3 Å². The molecule has 100 valence electrons. The van der Waals surface area contributed by atoms with E-state index in [-0.39, 0.29) is 0 Å². The summed E-state index contributed by atoms with van der Waals surface area (Å²) in [6, 6.07) is 16.5. The monoisotopic (exact) mass is 283 g/mol. The van der Waals surface area contributed by atoms with Gasteiger partial charge < -0.3 is 4.74 Å². The van der Waals surface area contributed by atoms with Crippen LogP contribution in [0.3, 0.4) is 0 Å². The molecule has 3 nitrogen and oxygen atoms in total. The van der Waals surface area contributed by atoms with Crippen LogP contribution in [-0.2, 0) is 4.79 Å². The van der Waals surface area contributed by atoms with E-state index in [1.807, 2.05) is 36.6 Å². The van der Waals surface area contributed by atoms with Gasteiger partial charge in [0.25, 0.3) is 0 Å². The fourth-order valence-corrected chi connectivity index (χ4v) is 2.16. The third kappa shape index (κ3) is 3.40. The van der Waals surface area contributed by atoms with Crippen molar-refractivity contribution in [3.05, 3.63) is 59.7 Å². The van der Waals surface area contributed by atoms with Crippen LogP contribution in [-0.4, -0.2) is 12.5 Å². The fraction of sp³-hybridized carbons (Fsp3) is 0.125. The van der Waals surface area contributed by atoms with Crippen LogP contribution < -0.4 is 4.74 Å². The maximum absolute atomic E-state index is 11.2. The molecule has 0 aliphatic rings. The number of carbonyl (C=O) groups is 1. The second-order valence-corrected chi connectivity index (χ2v) is 4.97. The lowest BCUT2D eigenvalue weighted by molar-refractivity contribution is -0.113. The van der Waals surface area contributed by atoms with Crippen molar-refractivity contribution in [2.75, 3.05) is 6.26 Å². The third-order valence-corrected chi connectivity index (χ3v) is 3.54. The molecular weight excluding hydrogens is 270 g/mol. The topological polar surface area (TPSA) is 50.1 Å². The van der Waals surface area contributed by atoms with Gasteiger partial charge in [0.05, 0.1) is 11.6 Å². The van der Waals surface area contributed by atoms with Crippen molar-refractivity contribution in [1.82, 2.24) is 0 Å². The van der Waals surface area contributed by atoms with Crippen LogP contribution >= 0.6 is 11.8 Å². The van der Waals surface area contributed by atoms with Gasteiger partial charge in [0.2, 0.25) is 0 Å². The van der Waals surface area contributed by atoms with Crippen LogP contribution in [0.2, 0.25) is 0 Å². The summed E-state index contributed by atoms with van der Waals surface area (Å²) in [5.41, 5.74) is 1.30. The summed E-state index contributed by atoms with van der Waals surface area (Å²) in [5, 5.41) is 8.85. The maximum Gasteiger partial charge on any atom is 0.179 e. The van der Waals surface area contributed by atoms with Crippen molar-refractivity contribution in [2.45, 2.75) is 11.0 Å². The van der Waals surface area contributed by atoms with Gasteiger partial charge in [0.1, 0.15) is 5.75 Å². The van der Waals surface area contributed by atoms with E-state index < -0.39 is 6.10 Å². The molecule has 0 aliphatic heterocycles. The minimum absolute atomic E-state index is 0.505. The molecule has 1 atom stereocenters. The highest BCUT2D eigenvalue weighted by molar-refractivity contribution is 7.98. The van der Waals surface area contributed by atoms with Crippen LogP contribution in [0.15, 0.2) is 53.4 Å². The van der Waals surface area contributed by atoms with Crippen molar-refractivity contribution in [2.24, 2.45) is 0 Å². The van der Waals surface area contributed by atoms with E-state index in [1.54, 1.807) is 36.0 Å². The first-order valence-corrected chi connectivity index (χ1v) is 7.25. The van der Waals surface area contributed by atoms with Gasteiger partial charge in [-0.3, -0.25) is 4.79 Å². The highest BCUT2D eigenvalue weighted by atomic mass is 32.2. The van der Waals surface area contributed by atoms with Crippen LogP contribution in [0.25, 0.3) is 0 Å². The quantitative estimate of drug-likeness (QED) is 0.621. The Kier molecular flexibility index (Phi) is 4.80. The van der Waals surface area contributed by atoms with Crippen molar-refractivity contribution >= 4 is 18.0 Å². The lowest BCUT2D eigenvalue weighted by Gasteiger charge is -2.14. The molecule has 0 saturated heterocycles. The molecule has 0 spiro atoms. The molecule has 0 aliphatic carbocycles. The van der Waals surface area contributed by atoms with Crippen molar-refractivity contribution < 1.29 is 9.53 Å². The summed E-state index contributed by atoms with van der Waals surface area (Å²) in [6.45, 7) is 0. The Morgan fingerprint density at radius 1 is 1.25 bits per heavy atom. The van der Waals surface area contributed by atoms with Crippen molar-refractivity contribution in [3.63, 3.8) is 0 Å². The largest absolute Gasteiger partial charge is 0.478 e. The third-order valence-electron chi connectivity index (χ3n) is 2.79. The molecule has 0 fully saturated rings. The molecule has 2 rings (SSSR count). The molecule has 20 heavy (non-hydrogen) atoms. The van der Waals surface area contributed by atoms with Crippen LogP contribution in [0.1, 0.15) is 17.2 Å². The van der Waals surface area contributed by atoms with Gasteiger partial charge in [-0.05, 0) is 42.2 Å². The molecule has 0 saturated carbocycles. The average Bonchev–Trinajstić information content (AvgIpc) is 2.53. The summed E-state index contributed by atoms with van der Waals surface area (Å²) >= 11 is 1.64. The van der Waals surface area contributed by atoms with Gasteiger partial charge in [-0.2, -0.15) is 5.26 Å². The molecular formula is C16H13NO2S. The zero-order valence-electron chi connectivity index (χ0n) is 10.9. The van der Waals surface area contributed by atoms with Crippen LogP contribution in [0.4, 0.5) is 0 Å². The Labute approximate surface area is 122 Å². The second-order valence-electron chi connectivity index (χ2n) is 4.09. The molecule has 0 aromatic heterocycles. The van der Waals surface area contributed by atoms with E-state index >= 15 is 0 Å². The minimum atomic E-state index is -0.667. The first-order valence-electron chi connectivity index (χ1n) is 6.03. The van der Waals surface area contributed by atoms with Crippen molar-refractivity contribution in [1.29, 1.82) is 5.26 Å². The van der Waals surface area contributed by atoms with E-state index in [9.17, 15) is 4.79 Å². The Bertz CT molecular complexity index is 632. The maximum atomic E-state index is 11.2. The van der Waals surface area contributed by atoms with Gasteiger partial charge in [0.15, 0.2) is 12.4 Å². The lowest BCUT2D eigenvalue weighted by Crippen LogP contribution is -2.08. The summed E-state index contributed by atoms with van der Waals surface area (Å²) in [5.74, 6) is 0.509. The van der Waals surface area contributed by atoms with Gasteiger partial charge in [-0.1, -0.05) is 18.2 Å². The van der Waals surface area contributed by atoms with Gasteiger partial charge in [0, 0.05) is 4.90 Å².